The van der Waals surface area contributed by atoms with Crippen LogP contribution in [0.25, 0.3) is 0 Å². The lowest BCUT2D eigenvalue weighted by Crippen LogP contribution is -2.10. The zero-order valence-corrected chi connectivity index (χ0v) is 20.0. The van der Waals surface area contributed by atoms with Crippen LogP contribution in [0.4, 0.5) is 11.4 Å². The predicted molar refractivity (Wildman–Crippen MR) is 134 cm³/mol. The van der Waals surface area contributed by atoms with Crippen molar-refractivity contribution < 1.29 is 0 Å². The third kappa shape index (κ3) is 6.65. The van der Waals surface area contributed by atoms with Gasteiger partial charge in [-0.05, 0) is 92.0 Å². The monoisotopic (exact) mass is 404 g/mol. The molecule has 0 aliphatic carbocycles. The van der Waals surface area contributed by atoms with Crippen LogP contribution in [-0.2, 0) is 25.7 Å². The largest absolute Gasteiger partial charge is 0.252 e. The summed E-state index contributed by atoms with van der Waals surface area (Å²) in [7, 11) is 0. The van der Waals surface area contributed by atoms with Gasteiger partial charge in [-0.3, -0.25) is 9.98 Å². The van der Waals surface area contributed by atoms with Crippen molar-refractivity contribution in [2.45, 2.75) is 92.9 Å². The van der Waals surface area contributed by atoms with E-state index in [9.17, 15) is 0 Å². The van der Waals surface area contributed by atoms with E-state index >= 15 is 0 Å². The van der Waals surface area contributed by atoms with Gasteiger partial charge in [-0.25, -0.2) is 0 Å². The highest BCUT2D eigenvalue weighted by molar-refractivity contribution is 6.42. The molecule has 0 radical (unpaired) electrons. The molecule has 0 fully saturated rings. The summed E-state index contributed by atoms with van der Waals surface area (Å²) in [5, 5.41) is 0. The smallest absolute Gasteiger partial charge is 0.0636 e. The first kappa shape index (κ1) is 24.1. The Balaban J connectivity index is 2.40. The van der Waals surface area contributed by atoms with E-state index in [1.165, 1.54) is 35.1 Å². The maximum atomic E-state index is 5.07. The Hall–Kier alpha value is -2.22. The first-order chi connectivity index (χ1) is 14.6. The molecule has 0 bridgehead atoms. The third-order valence-corrected chi connectivity index (χ3v) is 5.90. The molecule has 2 rings (SSSR count). The fourth-order valence-corrected chi connectivity index (χ4v) is 3.99. The van der Waals surface area contributed by atoms with E-state index in [0.29, 0.717) is 0 Å². The van der Waals surface area contributed by atoms with Crippen molar-refractivity contribution >= 4 is 22.8 Å². The highest BCUT2D eigenvalue weighted by Gasteiger charge is 2.08. The topological polar surface area (TPSA) is 24.7 Å². The van der Waals surface area contributed by atoms with Gasteiger partial charge in [-0.15, -0.1) is 0 Å². The Kier molecular flexibility index (Phi) is 10.00. The summed E-state index contributed by atoms with van der Waals surface area (Å²) in [5.74, 6) is 0. The van der Waals surface area contributed by atoms with Gasteiger partial charge < -0.3 is 0 Å². The zero-order chi connectivity index (χ0) is 21.9. The molecule has 0 unspecified atom stereocenters. The fourth-order valence-electron chi connectivity index (χ4n) is 3.99. The molecule has 0 heterocycles. The first-order valence-corrected chi connectivity index (χ1v) is 11.9. The minimum absolute atomic E-state index is 0.980. The maximum Gasteiger partial charge on any atom is 0.0636 e. The normalized spacial score (nSPS) is 12.5. The van der Waals surface area contributed by atoms with E-state index in [4.69, 9.17) is 9.98 Å². The van der Waals surface area contributed by atoms with E-state index in [-0.39, 0.29) is 0 Å². The Morgan fingerprint density at radius 3 is 1.60 bits per heavy atom. The van der Waals surface area contributed by atoms with Gasteiger partial charge in [0.1, 0.15) is 0 Å². The molecular weight excluding hydrogens is 364 g/mol. The zero-order valence-electron chi connectivity index (χ0n) is 20.0. The number of benzene rings is 2. The summed E-state index contributed by atoms with van der Waals surface area (Å²) < 4.78 is 0. The number of rotatable bonds is 11. The molecule has 2 aromatic rings. The molecule has 30 heavy (non-hydrogen) atoms. The van der Waals surface area contributed by atoms with Gasteiger partial charge in [0.2, 0.25) is 0 Å². The summed E-state index contributed by atoms with van der Waals surface area (Å²) in [5.41, 5.74) is 9.91. The fraction of sp³-hybridized carbons (Fsp3) is 0.500. The van der Waals surface area contributed by atoms with Gasteiger partial charge in [-0.2, -0.15) is 0 Å². The summed E-state index contributed by atoms with van der Waals surface area (Å²) in [6.07, 6.45) is 8.83. The lowest BCUT2D eigenvalue weighted by Gasteiger charge is -2.11. The van der Waals surface area contributed by atoms with E-state index in [1.807, 2.05) is 0 Å². The van der Waals surface area contributed by atoms with Crippen molar-refractivity contribution in [3.05, 3.63) is 58.7 Å². The molecule has 162 valence electrons. The summed E-state index contributed by atoms with van der Waals surface area (Å²) >= 11 is 0. The van der Waals surface area contributed by atoms with Gasteiger partial charge in [0.25, 0.3) is 0 Å². The highest BCUT2D eigenvalue weighted by Crippen LogP contribution is 2.23. The summed E-state index contributed by atoms with van der Waals surface area (Å²) in [6.45, 7) is 13.2. The van der Waals surface area contributed by atoms with Crippen LogP contribution in [0.15, 0.2) is 46.4 Å². The van der Waals surface area contributed by atoms with Crippen molar-refractivity contribution in [1.29, 1.82) is 0 Å². The molecule has 0 atom stereocenters. The van der Waals surface area contributed by atoms with Crippen LogP contribution in [0.5, 0.6) is 0 Å². The summed E-state index contributed by atoms with van der Waals surface area (Å²) in [6, 6.07) is 13.3. The molecule has 0 N–H and O–H groups in total. The second-order valence-corrected chi connectivity index (χ2v) is 8.03. The van der Waals surface area contributed by atoms with Crippen molar-refractivity contribution in [3.63, 3.8) is 0 Å². The molecule has 0 aromatic heterocycles. The van der Waals surface area contributed by atoms with Gasteiger partial charge in [0.15, 0.2) is 0 Å². The van der Waals surface area contributed by atoms with Crippen LogP contribution in [0.3, 0.4) is 0 Å². The van der Waals surface area contributed by atoms with E-state index in [1.54, 1.807) is 0 Å². The lowest BCUT2D eigenvalue weighted by molar-refractivity contribution is 0.744. The molecule has 2 aromatic carbocycles. The SMILES string of the molecule is CCCCCC(=Nc1ccc(CC)c(CC)c1)C(C)=Nc1ccc(CC)c(CC)c1. The van der Waals surface area contributed by atoms with Crippen molar-refractivity contribution in [1.82, 2.24) is 0 Å². The van der Waals surface area contributed by atoms with Crippen LogP contribution in [0.1, 0.15) is 89.5 Å². The minimum Gasteiger partial charge on any atom is -0.252 e. The molecular formula is C28H40N2. The van der Waals surface area contributed by atoms with E-state index in [0.717, 1.165) is 61.3 Å². The van der Waals surface area contributed by atoms with Crippen molar-refractivity contribution in [2.24, 2.45) is 9.98 Å². The Morgan fingerprint density at radius 1 is 0.633 bits per heavy atom. The van der Waals surface area contributed by atoms with Crippen LogP contribution < -0.4 is 0 Å². The van der Waals surface area contributed by atoms with Crippen molar-refractivity contribution in [2.75, 3.05) is 0 Å². The van der Waals surface area contributed by atoms with Crippen molar-refractivity contribution in [3.8, 4) is 0 Å². The van der Waals surface area contributed by atoms with Gasteiger partial charge in [-0.1, -0.05) is 59.6 Å². The predicted octanol–water partition coefficient (Wildman–Crippen LogP) is 8.38. The van der Waals surface area contributed by atoms with Crippen LogP contribution in [-0.4, -0.2) is 11.4 Å². The maximum absolute atomic E-state index is 5.07. The molecule has 0 amide bonds. The second kappa shape index (κ2) is 12.5. The number of unbranched alkanes of at least 4 members (excludes halogenated alkanes) is 2. The van der Waals surface area contributed by atoms with E-state index in [2.05, 4.69) is 77.9 Å². The highest BCUT2D eigenvalue weighted by atomic mass is 14.8. The number of aryl methyl sites for hydroxylation is 4. The van der Waals surface area contributed by atoms with Crippen LogP contribution in [0.2, 0.25) is 0 Å². The Labute approximate surface area is 184 Å². The second-order valence-electron chi connectivity index (χ2n) is 8.03. The molecule has 0 saturated heterocycles. The van der Waals surface area contributed by atoms with Crippen LogP contribution >= 0.6 is 0 Å². The molecule has 0 saturated carbocycles. The molecule has 0 aliphatic rings. The Morgan fingerprint density at radius 2 is 1.13 bits per heavy atom. The van der Waals surface area contributed by atoms with E-state index < -0.39 is 0 Å². The third-order valence-electron chi connectivity index (χ3n) is 5.90. The average molecular weight is 405 g/mol. The molecule has 0 spiro atoms. The Bertz CT molecular complexity index is 874. The van der Waals surface area contributed by atoms with Gasteiger partial charge in [0.05, 0.1) is 22.8 Å². The van der Waals surface area contributed by atoms with Crippen LogP contribution in [0, 0.1) is 0 Å². The number of hydrogen-bond donors (Lipinski definition) is 0. The minimum atomic E-state index is 0.980. The molecule has 0 aliphatic heterocycles. The summed E-state index contributed by atoms with van der Waals surface area (Å²) in [4.78, 5) is 10.1. The van der Waals surface area contributed by atoms with Gasteiger partial charge >= 0.3 is 0 Å². The number of aliphatic imine (C=N–C) groups is 2. The average Bonchev–Trinajstić information content (AvgIpc) is 2.78. The standard InChI is InChI=1S/C28H40N2/c1-7-12-13-14-28(30-27-18-16-23(9-3)25(11-5)20-27)21(6)29-26-17-15-22(8-2)24(10-4)19-26/h15-20H,7-14H2,1-6H3. The number of hydrogen-bond acceptors (Lipinski definition) is 2. The van der Waals surface area contributed by atoms with Gasteiger partial charge in [0, 0.05) is 0 Å². The molecule has 2 nitrogen and oxygen atoms in total. The lowest BCUT2D eigenvalue weighted by atomic mass is 10.0. The quantitative estimate of drug-likeness (QED) is 0.265. The molecule has 2 heteroatoms. The first-order valence-electron chi connectivity index (χ1n) is 11.9. The number of nitrogens with zero attached hydrogens (tertiary/aromatic N) is 2.